The maximum atomic E-state index is 12.3. The summed E-state index contributed by atoms with van der Waals surface area (Å²) in [6, 6.07) is 13.8. The molecule has 138 valence electrons. The molecule has 1 atom stereocenters. The third-order valence-corrected chi connectivity index (χ3v) is 4.21. The molecular formula is C19H24N4O3. The van der Waals surface area contributed by atoms with Gasteiger partial charge in [-0.2, -0.15) is 0 Å². The molecule has 2 aromatic carbocycles. The van der Waals surface area contributed by atoms with Crippen molar-refractivity contribution in [3.05, 3.63) is 69.8 Å². The summed E-state index contributed by atoms with van der Waals surface area (Å²) in [5.41, 5.74) is 2.58. The van der Waals surface area contributed by atoms with Gasteiger partial charge in [0.05, 0.1) is 11.0 Å². The maximum absolute atomic E-state index is 12.3. The van der Waals surface area contributed by atoms with Gasteiger partial charge >= 0.3 is 0 Å². The van der Waals surface area contributed by atoms with Crippen LogP contribution in [0.25, 0.3) is 0 Å². The number of non-ortho nitro benzene ring substituents is 1. The first-order chi connectivity index (χ1) is 12.3. The number of nitro benzene ring substituents is 1. The highest BCUT2D eigenvalue weighted by Crippen LogP contribution is 2.21. The Morgan fingerprint density at radius 1 is 1.04 bits per heavy atom. The number of carbonyl (C=O) groups excluding carboxylic acids is 1. The summed E-state index contributed by atoms with van der Waals surface area (Å²) < 4.78 is 0. The van der Waals surface area contributed by atoms with Crippen LogP contribution in [0, 0.1) is 10.1 Å². The summed E-state index contributed by atoms with van der Waals surface area (Å²) in [5, 5.41) is 13.6. The Kier molecular flexibility index (Phi) is 6.30. The molecule has 0 aliphatic rings. The second-order valence-electron chi connectivity index (χ2n) is 6.48. The number of carbonyl (C=O) groups is 1. The molecule has 0 saturated carbocycles. The van der Waals surface area contributed by atoms with E-state index in [1.807, 2.05) is 50.1 Å². The first kappa shape index (κ1) is 19.4. The first-order valence-electron chi connectivity index (χ1n) is 8.26. The largest absolute Gasteiger partial charge is 0.378 e. The van der Waals surface area contributed by atoms with E-state index in [2.05, 4.69) is 17.4 Å². The van der Waals surface area contributed by atoms with Crippen molar-refractivity contribution in [3.63, 3.8) is 0 Å². The van der Waals surface area contributed by atoms with Crippen LogP contribution < -0.4 is 10.2 Å². The van der Waals surface area contributed by atoms with E-state index in [1.165, 1.54) is 24.3 Å². The summed E-state index contributed by atoms with van der Waals surface area (Å²) in [7, 11) is 7.90. The molecule has 2 rings (SSSR count). The van der Waals surface area contributed by atoms with Crippen molar-refractivity contribution in [2.45, 2.75) is 6.04 Å². The Labute approximate surface area is 153 Å². The van der Waals surface area contributed by atoms with E-state index < -0.39 is 4.92 Å². The minimum atomic E-state index is -0.485. The van der Waals surface area contributed by atoms with Crippen molar-refractivity contribution < 1.29 is 9.72 Å². The molecule has 0 saturated heterocycles. The lowest BCUT2D eigenvalue weighted by Gasteiger charge is -2.25. The molecule has 0 radical (unpaired) electrons. The van der Waals surface area contributed by atoms with Gasteiger partial charge in [0.15, 0.2) is 0 Å². The number of amides is 1. The fourth-order valence-corrected chi connectivity index (χ4v) is 2.62. The zero-order valence-corrected chi connectivity index (χ0v) is 15.5. The Bertz CT molecular complexity index is 755. The zero-order valence-electron chi connectivity index (χ0n) is 15.5. The SMILES string of the molecule is CN(C)c1ccc(C(CNC(=O)c2ccc([N+](=O)[O-])cc2)N(C)C)cc1. The third-order valence-electron chi connectivity index (χ3n) is 4.21. The van der Waals surface area contributed by atoms with E-state index in [4.69, 9.17) is 0 Å². The van der Waals surface area contributed by atoms with E-state index in [9.17, 15) is 14.9 Å². The topological polar surface area (TPSA) is 78.7 Å². The van der Waals surface area contributed by atoms with E-state index in [0.29, 0.717) is 12.1 Å². The zero-order chi connectivity index (χ0) is 19.3. The van der Waals surface area contributed by atoms with Crippen molar-refractivity contribution in [1.82, 2.24) is 10.2 Å². The molecule has 0 aromatic heterocycles. The maximum Gasteiger partial charge on any atom is 0.269 e. The van der Waals surface area contributed by atoms with Gasteiger partial charge in [-0.15, -0.1) is 0 Å². The van der Waals surface area contributed by atoms with Gasteiger partial charge in [-0.25, -0.2) is 0 Å². The van der Waals surface area contributed by atoms with Crippen molar-refractivity contribution in [2.75, 3.05) is 39.6 Å². The standard InChI is InChI=1S/C19H24N4O3/c1-21(2)16-9-5-14(6-10-16)18(22(3)4)13-20-19(24)15-7-11-17(12-8-15)23(25)26/h5-12,18H,13H2,1-4H3,(H,20,24). The van der Waals surface area contributed by atoms with Gasteiger partial charge in [0, 0.05) is 44.0 Å². The molecule has 0 aliphatic heterocycles. The predicted octanol–water partition coefficient (Wildman–Crippen LogP) is 2.69. The monoisotopic (exact) mass is 356 g/mol. The number of likely N-dealkylation sites (N-methyl/N-ethyl adjacent to an activating group) is 1. The van der Waals surface area contributed by atoms with Crippen LogP contribution in [0.1, 0.15) is 22.0 Å². The molecule has 1 amide bonds. The highest BCUT2D eigenvalue weighted by molar-refractivity contribution is 5.94. The van der Waals surface area contributed by atoms with Gasteiger partial charge in [0.1, 0.15) is 0 Å². The molecule has 0 fully saturated rings. The molecular weight excluding hydrogens is 332 g/mol. The fraction of sp³-hybridized carbons (Fsp3) is 0.316. The highest BCUT2D eigenvalue weighted by Gasteiger charge is 2.16. The van der Waals surface area contributed by atoms with Crippen LogP contribution in [-0.4, -0.2) is 50.5 Å². The average Bonchev–Trinajstić information content (AvgIpc) is 2.62. The molecule has 2 aromatic rings. The summed E-state index contributed by atoms with van der Waals surface area (Å²) in [5.74, 6) is -0.253. The number of hydrogen-bond donors (Lipinski definition) is 1. The summed E-state index contributed by atoms with van der Waals surface area (Å²) >= 11 is 0. The van der Waals surface area contributed by atoms with Crippen molar-refractivity contribution in [2.24, 2.45) is 0 Å². The number of nitrogens with one attached hydrogen (secondary N) is 1. The Morgan fingerprint density at radius 2 is 1.62 bits per heavy atom. The lowest BCUT2D eigenvalue weighted by Crippen LogP contribution is -2.34. The minimum absolute atomic E-state index is 0.0215. The molecule has 0 heterocycles. The van der Waals surface area contributed by atoms with E-state index >= 15 is 0 Å². The second kappa shape index (κ2) is 8.44. The van der Waals surface area contributed by atoms with Gasteiger partial charge in [0.2, 0.25) is 0 Å². The fourth-order valence-electron chi connectivity index (χ4n) is 2.62. The Balaban J connectivity index is 2.05. The van der Waals surface area contributed by atoms with Crippen LogP contribution in [0.2, 0.25) is 0 Å². The number of rotatable bonds is 7. The average molecular weight is 356 g/mol. The molecule has 0 bridgehead atoms. The number of hydrogen-bond acceptors (Lipinski definition) is 5. The van der Waals surface area contributed by atoms with Crippen LogP contribution in [-0.2, 0) is 0 Å². The smallest absolute Gasteiger partial charge is 0.269 e. The van der Waals surface area contributed by atoms with Crippen LogP contribution in [0.4, 0.5) is 11.4 Å². The van der Waals surface area contributed by atoms with Gasteiger partial charge in [0.25, 0.3) is 11.6 Å². The van der Waals surface area contributed by atoms with Crippen LogP contribution in [0.5, 0.6) is 0 Å². The van der Waals surface area contributed by atoms with Gasteiger partial charge in [-0.05, 0) is 43.9 Å². The molecule has 7 heteroatoms. The molecule has 1 unspecified atom stereocenters. The molecule has 26 heavy (non-hydrogen) atoms. The van der Waals surface area contributed by atoms with Gasteiger partial charge < -0.3 is 15.1 Å². The van der Waals surface area contributed by atoms with E-state index in [0.717, 1.165) is 11.3 Å². The van der Waals surface area contributed by atoms with Gasteiger partial charge in [-0.1, -0.05) is 12.1 Å². The molecule has 0 spiro atoms. The number of nitrogens with zero attached hydrogens (tertiary/aromatic N) is 3. The van der Waals surface area contributed by atoms with Crippen molar-refractivity contribution in [3.8, 4) is 0 Å². The predicted molar refractivity (Wildman–Crippen MR) is 103 cm³/mol. The highest BCUT2D eigenvalue weighted by atomic mass is 16.6. The normalized spacial score (nSPS) is 11.9. The lowest BCUT2D eigenvalue weighted by atomic mass is 10.0. The number of benzene rings is 2. The lowest BCUT2D eigenvalue weighted by molar-refractivity contribution is -0.384. The number of nitro groups is 1. The quantitative estimate of drug-likeness (QED) is 0.609. The number of anilines is 1. The third kappa shape index (κ3) is 4.80. The summed E-state index contributed by atoms with van der Waals surface area (Å²) in [6.45, 7) is 0.435. The van der Waals surface area contributed by atoms with Crippen LogP contribution in [0.3, 0.4) is 0 Å². The summed E-state index contributed by atoms with van der Waals surface area (Å²) in [6.07, 6.45) is 0. The summed E-state index contributed by atoms with van der Waals surface area (Å²) in [4.78, 5) is 26.6. The van der Waals surface area contributed by atoms with Gasteiger partial charge in [-0.3, -0.25) is 14.9 Å². The minimum Gasteiger partial charge on any atom is -0.378 e. The van der Waals surface area contributed by atoms with Crippen LogP contribution >= 0.6 is 0 Å². The second-order valence-corrected chi connectivity index (χ2v) is 6.48. The Hall–Kier alpha value is -2.93. The van der Waals surface area contributed by atoms with Crippen LogP contribution in [0.15, 0.2) is 48.5 Å². The Morgan fingerprint density at radius 3 is 2.08 bits per heavy atom. The molecule has 1 N–H and O–H groups in total. The van der Waals surface area contributed by atoms with Crippen molar-refractivity contribution in [1.29, 1.82) is 0 Å². The molecule has 7 nitrogen and oxygen atoms in total. The van der Waals surface area contributed by atoms with E-state index in [-0.39, 0.29) is 17.6 Å². The van der Waals surface area contributed by atoms with Crippen molar-refractivity contribution >= 4 is 17.3 Å². The first-order valence-corrected chi connectivity index (χ1v) is 8.26. The van der Waals surface area contributed by atoms with E-state index in [1.54, 1.807) is 0 Å². The molecule has 0 aliphatic carbocycles.